The highest BCUT2D eigenvalue weighted by molar-refractivity contribution is 6.31. The van der Waals surface area contributed by atoms with Crippen LogP contribution in [0.15, 0.2) is 24.3 Å². The lowest BCUT2D eigenvalue weighted by atomic mass is 10.1. The smallest absolute Gasteiger partial charge is 0.0706 e. The fourth-order valence-electron chi connectivity index (χ4n) is 2.45. The van der Waals surface area contributed by atoms with Gasteiger partial charge in [-0.15, -0.1) is 0 Å². The third-order valence-corrected chi connectivity index (χ3v) is 3.54. The van der Waals surface area contributed by atoms with Gasteiger partial charge in [-0.1, -0.05) is 18.0 Å². The molecule has 0 bridgehead atoms. The van der Waals surface area contributed by atoms with Gasteiger partial charge in [0.2, 0.25) is 0 Å². The molecule has 1 aliphatic rings. The van der Waals surface area contributed by atoms with Crippen molar-refractivity contribution >= 4 is 22.5 Å². The number of pyridine rings is 1. The quantitative estimate of drug-likeness (QED) is 0.621. The van der Waals surface area contributed by atoms with Crippen molar-refractivity contribution < 1.29 is 0 Å². The van der Waals surface area contributed by atoms with Crippen LogP contribution in [0.5, 0.6) is 0 Å². The number of halogens is 1. The largest absolute Gasteiger partial charge is 0.253 e. The Morgan fingerprint density at radius 2 is 1.88 bits per heavy atom. The Labute approximate surface area is 100 Å². The van der Waals surface area contributed by atoms with Crippen LogP contribution in [0.4, 0.5) is 0 Å². The summed E-state index contributed by atoms with van der Waals surface area (Å²) in [4.78, 5) is 4.76. The predicted molar refractivity (Wildman–Crippen MR) is 68.0 cm³/mol. The van der Waals surface area contributed by atoms with E-state index in [1.807, 2.05) is 18.2 Å². The molecule has 1 nitrogen and oxygen atoms in total. The van der Waals surface area contributed by atoms with Crippen LogP contribution in [-0.4, -0.2) is 4.98 Å². The summed E-state index contributed by atoms with van der Waals surface area (Å²) in [6.07, 6.45) is 6.20. The maximum Gasteiger partial charge on any atom is 0.0706 e. The molecule has 0 radical (unpaired) electrons. The van der Waals surface area contributed by atoms with Gasteiger partial charge < -0.3 is 0 Å². The van der Waals surface area contributed by atoms with Crippen molar-refractivity contribution in [1.29, 1.82) is 0 Å². The SMILES string of the molecule is Clc1ccc2nc3c(cc2c1)CCCCC3. The van der Waals surface area contributed by atoms with Gasteiger partial charge in [0, 0.05) is 16.1 Å². The minimum atomic E-state index is 0.794. The van der Waals surface area contributed by atoms with Crippen molar-refractivity contribution in [3.63, 3.8) is 0 Å². The molecule has 1 aliphatic carbocycles. The summed E-state index contributed by atoms with van der Waals surface area (Å²) in [5, 5.41) is 1.97. The predicted octanol–water partition coefficient (Wildman–Crippen LogP) is 4.16. The fraction of sp³-hybridized carbons (Fsp3) is 0.357. The summed E-state index contributed by atoms with van der Waals surface area (Å²) in [7, 11) is 0. The second-order valence-corrected chi connectivity index (χ2v) is 4.93. The molecule has 0 unspecified atom stereocenters. The lowest BCUT2D eigenvalue weighted by Gasteiger charge is -2.07. The first-order valence-electron chi connectivity index (χ1n) is 5.91. The average molecular weight is 232 g/mol. The van der Waals surface area contributed by atoms with Crippen LogP contribution in [-0.2, 0) is 12.8 Å². The molecule has 1 aromatic heterocycles. The summed E-state index contributed by atoms with van der Waals surface area (Å²) in [6, 6.07) is 8.22. The lowest BCUT2D eigenvalue weighted by Crippen LogP contribution is -1.95. The van der Waals surface area contributed by atoms with Crippen LogP contribution in [0.3, 0.4) is 0 Å². The maximum atomic E-state index is 6.01. The fourth-order valence-corrected chi connectivity index (χ4v) is 2.63. The van der Waals surface area contributed by atoms with Crippen molar-refractivity contribution in [1.82, 2.24) is 4.98 Å². The number of hydrogen-bond acceptors (Lipinski definition) is 1. The van der Waals surface area contributed by atoms with Gasteiger partial charge in [-0.3, -0.25) is 4.98 Å². The van der Waals surface area contributed by atoms with Crippen LogP contribution < -0.4 is 0 Å². The van der Waals surface area contributed by atoms with Gasteiger partial charge in [0.25, 0.3) is 0 Å². The average Bonchev–Trinajstić information content (AvgIpc) is 2.50. The number of fused-ring (bicyclic) bond motifs is 2. The number of aryl methyl sites for hydroxylation is 2. The first-order chi connectivity index (χ1) is 7.83. The Balaban J connectivity index is 2.20. The molecule has 0 atom stereocenters. The molecule has 16 heavy (non-hydrogen) atoms. The van der Waals surface area contributed by atoms with Gasteiger partial charge >= 0.3 is 0 Å². The van der Waals surface area contributed by atoms with Gasteiger partial charge in [0.1, 0.15) is 0 Å². The molecule has 0 fully saturated rings. The normalized spacial score (nSPS) is 15.8. The highest BCUT2D eigenvalue weighted by Gasteiger charge is 2.10. The molecule has 0 saturated carbocycles. The molecule has 2 aromatic rings. The van der Waals surface area contributed by atoms with E-state index in [2.05, 4.69) is 6.07 Å². The highest BCUT2D eigenvalue weighted by atomic mass is 35.5. The van der Waals surface area contributed by atoms with E-state index < -0.39 is 0 Å². The molecular weight excluding hydrogens is 218 g/mol. The topological polar surface area (TPSA) is 12.9 Å². The van der Waals surface area contributed by atoms with E-state index in [4.69, 9.17) is 16.6 Å². The molecule has 2 heteroatoms. The Morgan fingerprint density at radius 1 is 1.00 bits per heavy atom. The van der Waals surface area contributed by atoms with E-state index in [9.17, 15) is 0 Å². The van der Waals surface area contributed by atoms with Crippen LogP contribution in [0.2, 0.25) is 5.02 Å². The van der Waals surface area contributed by atoms with Crippen LogP contribution in [0, 0.1) is 0 Å². The second kappa shape index (κ2) is 4.06. The first kappa shape index (κ1) is 10.1. The molecule has 1 aromatic carbocycles. The molecule has 0 amide bonds. The van der Waals surface area contributed by atoms with Gasteiger partial charge in [0.15, 0.2) is 0 Å². The summed E-state index contributed by atoms with van der Waals surface area (Å²) < 4.78 is 0. The van der Waals surface area contributed by atoms with Crippen molar-refractivity contribution in [3.8, 4) is 0 Å². The molecule has 0 N–H and O–H groups in total. The van der Waals surface area contributed by atoms with E-state index in [-0.39, 0.29) is 0 Å². The van der Waals surface area contributed by atoms with E-state index in [1.54, 1.807) is 0 Å². The van der Waals surface area contributed by atoms with E-state index in [0.29, 0.717) is 0 Å². The molecule has 82 valence electrons. The Hall–Kier alpha value is -1.08. The summed E-state index contributed by atoms with van der Waals surface area (Å²) in [5.41, 5.74) is 3.80. The van der Waals surface area contributed by atoms with E-state index in [0.717, 1.165) is 17.0 Å². The summed E-state index contributed by atoms with van der Waals surface area (Å²) in [6.45, 7) is 0. The van der Waals surface area contributed by atoms with Crippen molar-refractivity contribution in [2.75, 3.05) is 0 Å². The molecule has 0 aliphatic heterocycles. The van der Waals surface area contributed by atoms with Gasteiger partial charge in [-0.25, -0.2) is 0 Å². The van der Waals surface area contributed by atoms with Crippen LogP contribution >= 0.6 is 11.6 Å². The maximum absolute atomic E-state index is 6.01. The third kappa shape index (κ3) is 1.80. The number of aromatic nitrogens is 1. The number of nitrogens with zero attached hydrogens (tertiary/aromatic N) is 1. The van der Waals surface area contributed by atoms with Gasteiger partial charge in [-0.2, -0.15) is 0 Å². The minimum Gasteiger partial charge on any atom is -0.253 e. The van der Waals surface area contributed by atoms with Crippen molar-refractivity contribution in [2.45, 2.75) is 32.1 Å². The zero-order valence-electron chi connectivity index (χ0n) is 9.17. The third-order valence-electron chi connectivity index (χ3n) is 3.31. The number of hydrogen-bond donors (Lipinski definition) is 0. The lowest BCUT2D eigenvalue weighted by molar-refractivity contribution is 0.709. The Morgan fingerprint density at radius 3 is 2.81 bits per heavy atom. The highest BCUT2D eigenvalue weighted by Crippen LogP contribution is 2.25. The van der Waals surface area contributed by atoms with Crippen molar-refractivity contribution in [2.24, 2.45) is 0 Å². The van der Waals surface area contributed by atoms with Gasteiger partial charge in [0.05, 0.1) is 5.52 Å². The standard InChI is InChI=1S/C14H14ClN/c15-12-6-7-14-11(9-12)8-10-4-2-1-3-5-13(10)16-14/h6-9H,1-5H2. The Kier molecular flexibility index (Phi) is 2.56. The number of rotatable bonds is 0. The Bertz CT molecular complexity index is 533. The van der Waals surface area contributed by atoms with Crippen LogP contribution in [0.1, 0.15) is 30.5 Å². The first-order valence-corrected chi connectivity index (χ1v) is 6.29. The molecule has 0 spiro atoms. The number of benzene rings is 1. The van der Waals surface area contributed by atoms with E-state index in [1.165, 1.54) is 42.3 Å². The monoisotopic (exact) mass is 231 g/mol. The molecular formula is C14H14ClN. The zero-order valence-corrected chi connectivity index (χ0v) is 9.93. The second-order valence-electron chi connectivity index (χ2n) is 4.49. The summed E-state index contributed by atoms with van der Waals surface area (Å²) in [5.74, 6) is 0. The molecule has 0 saturated heterocycles. The van der Waals surface area contributed by atoms with Gasteiger partial charge in [-0.05, 0) is 55.5 Å². The molecule has 1 heterocycles. The van der Waals surface area contributed by atoms with Crippen LogP contribution in [0.25, 0.3) is 10.9 Å². The molecule has 3 rings (SSSR count). The van der Waals surface area contributed by atoms with Crippen molar-refractivity contribution in [3.05, 3.63) is 40.5 Å². The zero-order chi connectivity index (χ0) is 11.0. The van der Waals surface area contributed by atoms with E-state index >= 15 is 0 Å². The summed E-state index contributed by atoms with van der Waals surface area (Å²) >= 11 is 6.01. The minimum absolute atomic E-state index is 0.794.